The largest absolute Gasteiger partial charge is 0.417 e. The monoisotopic (exact) mass is 203 g/mol. The molecule has 76 valence electrons. The first kappa shape index (κ1) is 9.26. The molecule has 2 rings (SSSR count). The van der Waals surface area contributed by atoms with Crippen molar-refractivity contribution in [3.05, 3.63) is 23.5 Å². The van der Waals surface area contributed by atoms with Crippen LogP contribution in [0.4, 0.5) is 18.9 Å². The average Bonchev–Trinajstić information content (AvgIpc) is 2.16. The van der Waals surface area contributed by atoms with E-state index in [1.54, 1.807) is 0 Å². The second-order valence-electron chi connectivity index (χ2n) is 3.02. The van der Waals surface area contributed by atoms with Gasteiger partial charge in [0.1, 0.15) is 0 Å². The fourth-order valence-corrected chi connectivity index (χ4v) is 1.29. The van der Waals surface area contributed by atoms with Crippen molar-refractivity contribution in [2.24, 2.45) is 0 Å². The predicted molar refractivity (Wildman–Crippen MR) is 44.6 cm³/mol. The number of hydrogen-bond donors (Lipinski definition) is 2. The highest BCUT2D eigenvalue weighted by Crippen LogP contribution is 2.31. The molecular weight excluding hydrogens is 195 g/mol. The van der Waals surface area contributed by atoms with Gasteiger partial charge in [0.25, 0.3) is 0 Å². The molecule has 0 unspecified atom stereocenters. The van der Waals surface area contributed by atoms with E-state index in [-0.39, 0.29) is 0 Å². The standard InChI is InChI=1S/C8H8F3N3/c9-8(10,11)5-3-7-6(12-4-5)1-2-13-14-7/h3-4,13-14H,1-2H2. The molecule has 0 bridgehead atoms. The Hall–Kier alpha value is -1.30. The summed E-state index contributed by atoms with van der Waals surface area (Å²) in [6.07, 6.45) is -2.83. The number of nitrogens with zero attached hydrogens (tertiary/aromatic N) is 1. The Morgan fingerprint density at radius 1 is 1.36 bits per heavy atom. The third-order valence-electron chi connectivity index (χ3n) is 2.01. The molecule has 2 N–H and O–H groups in total. The van der Waals surface area contributed by atoms with Gasteiger partial charge in [-0.25, -0.2) is 5.43 Å². The van der Waals surface area contributed by atoms with Gasteiger partial charge in [0.15, 0.2) is 0 Å². The number of hydrazine groups is 1. The van der Waals surface area contributed by atoms with Crippen molar-refractivity contribution in [3.63, 3.8) is 0 Å². The number of halogens is 3. The Morgan fingerprint density at radius 2 is 2.14 bits per heavy atom. The summed E-state index contributed by atoms with van der Waals surface area (Å²) in [5.74, 6) is 0. The van der Waals surface area contributed by atoms with E-state index < -0.39 is 11.7 Å². The third-order valence-corrected chi connectivity index (χ3v) is 2.01. The lowest BCUT2D eigenvalue weighted by Gasteiger charge is -2.19. The normalized spacial score (nSPS) is 15.9. The van der Waals surface area contributed by atoms with E-state index >= 15 is 0 Å². The Balaban J connectivity index is 2.39. The minimum Gasteiger partial charge on any atom is -0.320 e. The van der Waals surface area contributed by atoms with Gasteiger partial charge in [0, 0.05) is 19.2 Å². The molecule has 0 radical (unpaired) electrons. The highest BCUT2D eigenvalue weighted by atomic mass is 19.4. The number of aromatic nitrogens is 1. The smallest absolute Gasteiger partial charge is 0.320 e. The summed E-state index contributed by atoms with van der Waals surface area (Å²) in [5.41, 5.74) is 5.77. The van der Waals surface area contributed by atoms with Crippen molar-refractivity contribution in [3.8, 4) is 0 Å². The average molecular weight is 203 g/mol. The lowest BCUT2D eigenvalue weighted by atomic mass is 10.1. The van der Waals surface area contributed by atoms with Gasteiger partial charge in [-0.2, -0.15) is 13.2 Å². The lowest BCUT2D eigenvalue weighted by Crippen LogP contribution is -2.30. The fraction of sp³-hybridized carbons (Fsp3) is 0.375. The van der Waals surface area contributed by atoms with E-state index in [2.05, 4.69) is 15.8 Å². The van der Waals surface area contributed by atoms with Crippen LogP contribution in [-0.4, -0.2) is 11.5 Å². The van der Waals surface area contributed by atoms with Crippen molar-refractivity contribution in [2.75, 3.05) is 12.0 Å². The maximum atomic E-state index is 12.3. The molecular formula is C8H8F3N3. The molecule has 14 heavy (non-hydrogen) atoms. The van der Waals surface area contributed by atoms with Gasteiger partial charge < -0.3 is 5.43 Å². The minimum absolute atomic E-state index is 0.408. The number of hydrogen-bond acceptors (Lipinski definition) is 3. The van der Waals surface area contributed by atoms with E-state index in [1.165, 1.54) is 0 Å². The van der Waals surface area contributed by atoms with Crippen molar-refractivity contribution in [1.29, 1.82) is 0 Å². The van der Waals surface area contributed by atoms with Crippen LogP contribution in [-0.2, 0) is 12.6 Å². The number of alkyl halides is 3. The summed E-state index contributed by atoms with van der Waals surface area (Å²) in [5, 5.41) is 0. The van der Waals surface area contributed by atoms with Gasteiger partial charge in [-0.05, 0) is 6.07 Å². The van der Waals surface area contributed by atoms with Crippen LogP contribution in [0.15, 0.2) is 12.3 Å². The number of fused-ring (bicyclic) bond motifs is 1. The SMILES string of the molecule is FC(F)(F)c1cnc2c(c1)NNCC2. The number of pyridine rings is 1. The fourth-order valence-electron chi connectivity index (χ4n) is 1.29. The first-order chi connectivity index (χ1) is 6.57. The molecule has 0 aromatic carbocycles. The molecule has 1 aromatic heterocycles. The van der Waals surface area contributed by atoms with E-state index in [9.17, 15) is 13.2 Å². The van der Waals surface area contributed by atoms with Gasteiger partial charge in [0.05, 0.1) is 16.9 Å². The molecule has 6 heteroatoms. The first-order valence-corrected chi connectivity index (χ1v) is 4.12. The molecule has 0 saturated carbocycles. The van der Waals surface area contributed by atoms with Crippen LogP contribution < -0.4 is 10.9 Å². The highest BCUT2D eigenvalue weighted by molar-refractivity contribution is 5.50. The summed E-state index contributed by atoms with van der Waals surface area (Å²) in [7, 11) is 0. The molecule has 0 amide bonds. The van der Waals surface area contributed by atoms with Crippen LogP contribution in [0.25, 0.3) is 0 Å². The second-order valence-corrected chi connectivity index (χ2v) is 3.02. The van der Waals surface area contributed by atoms with Crippen molar-refractivity contribution < 1.29 is 13.2 Å². The summed E-state index contributed by atoms with van der Waals surface area (Å²) in [6, 6.07) is 1.06. The molecule has 0 spiro atoms. The summed E-state index contributed by atoms with van der Waals surface area (Å²) >= 11 is 0. The molecule has 0 aliphatic carbocycles. The Labute approximate surface area is 78.3 Å². The number of rotatable bonds is 0. The van der Waals surface area contributed by atoms with Crippen LogP contribution in [0.2, 0.25) is 0 Å². The van der Waals surface area contributed by atoms with Gasteiger partial charge in [-0.1, -0.05) is 0 Å². The molecule has 1 aromatic rings. The number of anilines is 1. The predicted octanol–water partition coefficient (Wildman–Crippen LogP) is 1.57. The molecule has 0 saturated heterocycles. The Bertz CT molecular complexity index is 348. The highest BCUT2D eigenvalue weighted by Gasteiger charge is 2.31. The van der Waals surface area contributed by atoms with E-state index in [0.717, 1.165) is 12.3 Å². The van der Waals surface area contributed by atoms with Crippen molar-refractivity contribution in [1.82, 2.24) is 10.4 Å². The summed E-state index contributed by atoms with van der Waals surface area (Å²) in [6.45, 7) is 0.672. The van der Waals surface area contributed by atoms with Crippen LogP contribution in [0.1, 0.15) is 11.3 Å². The Morgan fingerprint density at radius 3 is 2.86 bits per heavy atom. The van der Waals surface area contributed by atoms with Gasteiger partial charge >= 0.3 is 6.18 Å². The molecule has 0 atom stereocenters. The topological polar surface area (TPSA) is 37.0 Å². The minimum atomic E-state index is -4.33. The van der Waals surface area contributed by atoms with E-state index in [4.69, 9.17) is 0 Å². The first-order valence-electron chi connectivity index (χ1n) is 4.12. The lowest BCUT2D eigenvalue weighted by molar-refractivity contribution is -0.137. The van der Waals surface area contributed by atoms with Crippen LogP contribution >= 0.6 is 0 Å². The summed E-state index contributed by atoms with van der Waals surface area (Å²) in [4.78, 5) is 3.76. The molecule has 0 fully saturated rings. The summed E-state index contributed by atoms with van der Waals surface area (Å²) < 4.78 is 36.8. The van der Waals surface area contributed by atoms with Crippen molar-refractivity contribution in [2.45, 2.75) is 12.6 Å². The van der Waals surface area contributed by atoms with E-state index in [0.29, 0.717) is 24.3 Å². The maximum Gasteiger partial charge on any atom is 0.417 e. The zero-order chi connectivity index (χ0) is 10.2. The van der Waals surface area contributed by atoms with Crippen molar-refractivity contribution >= 4 is 5.69 Å². The zero-order valence-corrected chi connectivity index (χ0v) is 7.15. The van der Waals surface area contributed by atoms with Gasteiger partial charge in [-0.3, -0.25) is 4.98 Å². The van der Waals surface area contributed by atoms with Crippen LogP contribution in [0, 0.1) is 0 Å². The second kappa shape index (κ2) is 3.13. The van der Waals surface area contributed by atoms with E-state index in [1.807, 2.05) is 0 Å². The zero-order valence-electron chi connectivity index (χ0n) is 7.15. The molecule has 1 aliphatic rings. The maximum absolute atomic E-state index is 12.3. The Kier molecular flexibility index (Phi) is 2.07. The molecule has 1 aliphatic heterocycles. The quantitative estimate of drug-likeness (QED) is 0.672. The van der Waals surface area contributed by atoms with Gasteiger partial charge in [-0.15, -0.1) is 0 Å². The van der Waals surface area contributed by atoms with Gasteiger partial charge in [0.2, 0.25) is 0 Å². The molecule has 2 heterocycles. The van der Waals surface area contributed by atoms with Crippen LogP contribution in [0.5, 0.6) is 0 Å². The number of nitrogens with one attached hydrogen (secondary N) is 2. The third kappa shape index (κ3) is 1.65. The molecule has 3 nitrogen and oxygen atoms in total. The van der Waals surface area contributed by atoms with Crippen LogP contribution in [0.3, 0.4) is 0 Å².